The summed E-state index contributed by atoms with van der Waals surface area (Å²) in [5, 5.41) is 25.5. The molecule has 0 aliphatic heterocycles. The lowest BCUT2D eigenvalue weighted by Crippen LogP contribution is -2.01. The summed E-state index contributed by atoms with van der Waals surface area (Å²) < 4.78 is 9.46. The van der Waals surface area contributed by atoms with Gasteiger partial charge in [0.25, 0.3) is 0 Å². The molecule has 12 aromatic heterocycles. The van der Waals surface area contributed by atoms with Crippen LogP contribution in [0.4, 0.5) is 0 Å². The van der Waals surface area contributed by atoms with Gasteiger partial charge >= 0.3 is 0 Å². The van der Waals surface area contributed by atoms with Gasteiger partial charge in [-0.15, -0.1) is 0 Å². The van der Waals surface area contributed by atoms with Crippen LogP contribution in [0, 0.1) is 0 Å². The first-order valence-electron chi connectivity index (χ1n) is 50.2. The smallest absolute Gasteiger partial charge is 0.199 e. The third-order valence-electron chi connectivity index (χ3n) is 29.7. The predicted octanol–water partition coefficient (Wildman–Crippen LogP) is 35.3. The Morgan fingerprint density at radius 2 is 0.426 bits per heavy atom. The molecule has 0 N–H and O–H groups in total. The molecule has 32 rings (SSSR count). The molecule has 0 radical (unpaired) electrons. The van der Waals surface area contributed by atoms with Gasteiger partial charge in [0.2, 0.25) is 0 Å². The molecule has 0 fully saturated rings. The van der Waals surface area contributed by atoms with Gasteiger partial charge in [-0.3, -0.25) is 13.2 Å². The maximum atomic E-state index is 5.32. The van der Waals surface area contributed by atoms with Crippen LogP contribution in [0.2, 0.25) is 0 Å². The zero-order valence-electron chi connectivity index (χ0n) is 80.0. The van der Waals surface area contributed by atoms with Gasteiger partial charge in [0.05, 0.1) is 66.9 Å². The van der Waals surface area contributed by atoms with E-state index in [0.717, 1.165) is 127 Å². The number of hydrogen-bond acceptors (Lipinski definition) is 7. The van der Waals surface area contributed by atoms with Crippen LogP contribution in [-0.2, 0) is 0 Å². The number of hydrogen-bond donors (Lipinski definition) is 0. The van der Waals surface area contributed by atoms with Gasteiger partial charge in [-0.05, 0) is 159 Å². The van der Waals surface area contributed by atoms with Crippen LogP contribution in [-0.4, -0.2) is 52.5 Å². The largest absolute Gasteiger partial charge is 0.308 e. The van der Waals surface area contributed by atoms with E-state index in [4.69, 9.17) is 24.9 Å². The van der Waals surface area contributed by atoms with Crippen LogP contribution in [0.1, 0.15) is 0 Å². The first-order chi connectivity index (χ1) is 73.5. The minimum Gasteiger partial charge on any atom is -0.308 e. The Hall–Kier alpha value is -20.0. The number of para-hydroxylation sites is 3. The van der Waals surface area contributed by atoms with Gasteiger partial charge in [0.15, 0.2) is 22.6 Å². The Bertz CT molecular complexity index is 9530. The average molecular weight is 1890 g/mol. The minimum atomic E-state index is 0.532. The van der Waals surface area contributed by atoms with Crippen LogP contribution in [0.15, 0.2) is 516 Å². The molecule has 0 bridgehead atoms. The van der Waals surface area contributed by atoms with Crippen molar-refractivity contribution in [3.05, 3.63) is 516 Å². The molecule has 0 saturated heterocycles. The number of pyridine rings is 5. The van der Waals surface area contributed by atoms with Crippen molar-refractivity contribution < 1.29 is 0 Å². The molecule has 11 nitrogen and oxygen atoms in total. The Labute approximate surface area is 848 Å². The fraction of sp³-hybridized carbons (Fsp3) is 0. The van der Waals surface area contributed by atoms with Crippen molar-refractivity contribution >= 4 is 197 Å². The van der Waals surface area contributed by atoms with Crippen molar-refractivity contribution in [2.24, 2.45) is 0 Å². The molecule has 0 atom stereocenters. The van der Waals surface area contributed by atoms with E-state index < -0.39 is 0 Å². The monoisotopic (exact) mass is 1880 g/mol. The molecular weight excluding hydrogens is 1800 g/mol. The van der Waals surface area contributed by atoms with Gasteiger partial charge in [-0.25, -0.2) is 34.9 Å². The van der Waals surface area contributed by atoms with Crippen molar-refractivity contribution in [3.8, 4) is 89.5 Å². The zero-order chi connectivity index (χ0) is 97.4. The Balaban J connectivity index is 0.0000000930. The summed E-state index contributed by atoms with van der Waals surface area (Å²) in [5.41, 5.74) is 33.0. The number of aromatic nitrogens is 11. The van der Waals surface area contributed by atoms with E-state index in [2.05, 4.69) is 501 Å². The van der Waals surface area contributed by atoms with Crippen molar-refractivity contribution in [1.82, 2.24) is 52.5 Å². The molecule has 0 spiro atoms. The number of fused-ring (bicyclic) bond motifs is 36. The third kappa shape index (κ3) is 13.9. The van der Waals surface area contributed by atoms with E-state index in [-0.39, 0.29) is 0 Å². The lowest BCUT2D eigenvalue weighted by Gasteiger charge is -2.16. The number of nitrogens with zero attached hydrogens (tertiary/aromatic N) is 11. The molecule has 688 valence electrons. The van der Waals surface area contributed by atoms with E-state index in [1.807, 2.05) is 30.3 Å². The van der Waals surface area contributed by atoms with E-state index in [9.17, 15) is 0 Å². The standard InChI is InChI=1S/C36H23N.C35H22N2.C34H21N3.C32H19N5/c1-3-11-24(12-4-1)31-23-33(26-14-5-2-6-15-26)37-34-22-28-17-8-7-16-27(28)21-32(34)35-29-18-10-9-13-25(29)19-20-30(35)36(31)37;1-3-11-23(12-4-1)29-22-32(25-14-5-2-6-15-25)37-34(29)28-20-19-24-13-7-9-17-27(24)33(28)30-21-26-16-8-10-18-31(26)36-35(30)37;1-3-11-22(12-4-1)27-21-30(24-14-5-2-6-15-24)37-33(27)26-20-19-23-13-7-8-16-25(23)31(26)32-34(37)36-29-18-10-9-17-28(29)35-32;1-3-9-20(10-4-1)25-19-26(22-12-5-2-6-13-22)37-29(25)24-16-15-21-11-7-8-14-23(21)27(24)28-32(37)36-31-30(35-28)33-17-18-34-31/h1-23H;1-22H;1-21H;1-19H. The molecule has 32 aromatic rings. The van der Waals surface area contributed by atoms with Gasteiger partial charge in [0.1, 0.15) is 16.7 Å². The van der Waals surface area contributed by atoms with E-state index >= 15 is 0 Å². The van der Waals surface area contributed by atoms with E-state index in [1.54, 1.807) is 12.4 Å². The van der Waals surface area contributed by atoms with Crippen molar-refractivity contribution in [2.45, 2.75) is 0 Å². The van der Waals surface area contributed by atoms with Crippen LogP contribution >= 0.6 is 0 Å². The molecular formula is C137H85N11. The SMILES string of the molecule is c1ccc(-c2cc(-c3ccccc3)n3c4cc5ccccc5cc4c4c5ccccc5ccc4c23)cc1.c1ccc(-c2cc(-c3ccccc3)n3c4nc5ccccc5cc4c4c5ccccc5ccc4c23)cc1.c1ccc(-c2cc(-c3ccccc3)n3c4nc5ccccc5nc4c4c5ccccc5ccc4c23)cc1.c1ccc(-c2cc(-c3ccccc3)n3c4nc5nccnc5nc4c4c5ccccc5ccc4c23)cc1. The molecule has 0 unspecified atom stereocenters. The summed E-state index contributed by atoms with van der Waals surface area (Å²) in [7, 11) is 0. The highest BCUT2D eigenvalue weighted by Gasteiger charge is 2.29. The van der Waals surface area contributed by atoms with Crippen LogP contribution in [0.5, 0.6) is 0 Å². The number of rotatable bonds is 8. The third-order valence-corrected chi connectivity index (χ3v) is 29.7. The van der Waals surface area contributed by atoms with E-state index in [0.29, 0.717) is 11.3 Å². The van der Waals surface area contributed by atoms with Crippen LogP contribution in [0.3, 0.4) is 0 Å². The van der Waals surface area contributed by atoms with Crippen molar-refractivity contribution in [1.29, 1.82) is 0 Å². The highest BCUT2D eigenvalue weighted by Crippen LogP contribution is 2.50. The molecule has 12 heterocycles. The summed E-state index contributed by atoms with van der Waals surface area (Å²) in [4.78, 5) is 34.9. The second-order valence-corrected chi connectivity index (χ2v) is 38.0. The topological polar surface area (TPSA) is 108 Å². The summed E-state index contributed by atoms with van der Waals surface area (Å²) in [6.07, 6.45) is 3.33. The fourth-order valence-corrected chi connectivity index (χ4v) is 23.1. The minimum absolute atomic E-state index is 0.532. The second-order valence-electron chi connectivity index (χ2n) is 38.0. The van der Waals surface area contributed by atoms with Crippen LogP contribution < -0.4 is 0 Å². The van der Waals surface area contributed by atoms with Crippen molar-refractivity contribution in [2.75, 3.05) is 0 Å². The maximum absolute atomic E-state index is 5.32. The van der Waals surface area contributed by atoms with Crippen LogP contribution in [0.25, 0.3) is 286 Å². The lowest BCUT2D eigenvalue weighted by atomic mass is 9.95. The Morgan fingerprint density at radius 3 is 0.831 bits per heavy atom. The van der Waals surface area contributed by atoms with Gasteiger partial charge in [0, 0.05) is 93.9 Å². The molecule has 0 aliphatic carbocycles. The molecule has 0 aliphatic rings. The Kier molecular flexibility index (Phi) is 20.1. The summed E-state index contributed by atoms with van der Waals surface area (Å²) in [6, 6.07) is 179. The maximum Gasteiger partial charge on any atom is 0.199 e. The number of benzene rings is 20. The highest BCUT2D eigenvalue weighted by molar-refractivity contribution is 6.31. The second kappa shape index (κ2) is 35.0. The van der Waals surface area contributed by atoms with E-state index in [1.165, 1.54) is 148 Å². The molecule has 148 heavy (non-hydrogen) atoms. The first-order valence-corrected chi connectivity index (χ1v) is 50.2. The normalized spacial score (nSPS) is 11.8. The summed E-state index contributed by atoms with van der Waals surface area (Å²) in [6.45, 7) is 0. The Morgan fingerprint density at radius 1 is 0.155 bits per heavy atom. The average Bonchev–Trinajstić information content (AvgIpc) is 1.33. The molecule has 20 aromatic carbocycles. The quantitative estimate of drug-likeness (QED) is 0.110. The molecule has 11 heteroatoms. The van der Waals surface area contributed by atoms with Gasteiger partial charge < -0.3 is 4.40 Å². The predicted molar refractivity (Wildman–Crippen MR) is 618 cm³/mol. The molecule has 0 amide bonds. The lowest BCUT2D eigenvalue weighted by molar-refractivity contribution is 1.16. The summed E-state index contributed by atoms with van der Waals surface area (Å²) >= 11 is 0. The summed E-state index contributed by atoms with van der Waals surface area (Å²) in [5.74, 6) is 0. The first kappa shape index (κ1) is 84.8. The fourth-order valence-electron chi connectivity index (χ4n) is 23.1. The zero-order valence-corrected chi connectivity index (χ0v) is 80.0. The molecule has 0 saturated carbocycles. The van der Waals surface area contributed by atoms with Gasteiger partial charge in [-0.1, -0.05) is 443 Å². The van der Waals surface area contributed by atoms with Gasteiger partial charge in [-0.2, -0.15) is 0 Å². The highest BCUT2D eigenvalue weighted by atomic mass is 15.1. The van der Waals surface area contributed by atoms with Crippen molar-refractivity contribution in [3.63, 3.8) is 0 Å².